The van der Waals surface area contributed by atoms with Crippen LogP contribution < -0.4 is 0 Å². The topological polar surface area (TPSA) is 0 Å². The van der Waals surface area contributed by atoms with Gasteiger partial charge in [0.15, 0.2) is 0 Å². The highest BCUT2D eigenvalue weighted by Crippen LogP contribution is 2.40. The Morgan fingerprint density at radius 3 is 2.06 bits per heavy atom. The smallest absolute Gasteiger partial charge is 0.0257 e. The van der Waals surface area contributed by atoms with E-state index in [0.717, 1.165) is 0 Å². The van der Waals surface area contributed by atoms with E-state index in [2.05, 4.69) is 61.0 Å². The summed E-state index contributed by atoms with van der Waals surface area (Å²) in [6.45, 7) is 6.87. The van der Waals surface area contributed by atoms with Crippen LogP contribution in [0, 0.1) is 0 Å². The average Bonchev–Trinajstić information content (AvgIpc) is 2.66. The molecule has 88 valence electrons. The SMILES string of the molecule is CC(C)(C)c1ccc2c3c(ccc(Br)c13)CC2. The normalized spacial score (nSPS) is 14.6. The Morgan fingerprint density at radius 2 is 1.47 bits per heavy atom. The number of aryl methyl sites for hydroxylation is 2. The van der Waals surface area contributed by atoms with Crippen LogP contribution in [0.1, 0.15) is 37.5 Å². The summed E-state index contributed by atoms with van der Waals surface area (Å²) in [6, 6.07) is 9.13. The molecule has 0 saturated carbocycles. The van der Waals surface area contributed by atoms with Gasteiger partial charge in [-0.25, -0.2) is 0 Å². The van der Waals surface area contributed by atoms with Crippen LogP contribution in [-0.2, 0) is 18.3 Å². The van der Waals surface area contributed by atoms with Crippen molar-refractivity contribution >= 4 is 26.7 Å². The zero-order valence-corrected chi connectivity index (χ0v) is 12.2. The molecule has 0 unspecified atom stereocenters. The molecule has 1 aliphatic rings. The van der Waals surface area contributed by atoms with Crippen LogP contribution in [-0.4, -0.2) is 0 Å². The molecular weight excluding hydrogens is 272 g/mol. The van der Waals surface area contributed by atoms with Crippen LogP contribution in [0.25, 0.3) is 10.8 Å². The van der Waals surface area contributed by atoms with E-state index in [1.807, 2.05) is 0 Å². The van der Waals surface area contributed by atoms with E-state index in [1.165, 1.54) is 44.8 Å². The average molecular weight is 289 g/mol. The minimum atomic E-state index is 0.197. The van der Waals surface area contributed by atoms with Gasteiger partial charge in [0.25, 0.3) is 0 Å². The number of rotatable bonds is 0. The predicted octanol–water partition coefficient (Wildman–Crippen LogP) is 5.00. The third-order valence-corrected chi connectivity index (χ3v) is 4.41. The molecule has 0 saturated heterocycles. The standard InChI is InChI=1S/C16H17Br/c1-16(2,3)12-8-6-10-4-5-11-7-9-13(17)15(12)14(10)11/h6-9H,4-5H2,1-3H3. The summed E-state index contributed by atoms with van der Waals surface area (Å²) in [6.07, 6.45) is 2.40. The quantitative estimate of drug-likeness (QED) is 0.640. The summed E-state index contributed by atoms with van der Waals surface area (Å²) in [4.78, 5) is 0. The van der Waals surface area contributed by atoms with Gasteiger partial charge in [0.2, 0.25) is 0 Å². The predicted molar refractivity (Wildman–Crippen MR) is 77.8 cm³/mol. The van der Waals surface area contributed by atoms with Gasteiger partial charge in [0, 0.05) is 9.86 Å². The van der Waals surface area contributed by atoms with Crippen molar-refractivity contribution in [2.45, 2.75) is 39.0 Å². The van der Waals surface area contributed by atoms with Gasteiger partial charge >= 0.3 is 0 Å². The fourth-order valence-electron chi connectivity index (χ4n) is 2.91. The summed E-state index contributed by atoms with van der Waals surface area (Å²) in [5.41, 5.74) is 4.68. The lowest BCUT2D eigenvalue weighted by Crippen LogP contribution is -2.12. The fourth-order valence-corrected chi connectivity index (χ4v) is 3.46. The zero-order chi connectivity index (χ0) is 12.2. The van der Waals surface area contributed by atoms with Gasteiger partial charge in [0.05, 0.1) is 0 Å². The molecule has 0 nitrogen and oxygen atoms in total. The maximum atomic E-state index is 3.74. The zero-order valence-electron chi connectivity index (χ0n) is 10.6. The second-order valence-electron chi connectivity index (χ2n) is 5.98. The van der Waals surface area contributed by atoms with Crippen molar-refractivity contribution < 1.29 is 0 Å². The summed E-state index contributed by atoms with van der Waals surface area (Å²) < 4.78 is 1.24. The Labute approximate surface area is 111 Å². The lowest BCUT2D eigenvalue weighted by atomic mass is 9.83. The van der Waals surface area contributed by atoms with Gasteiger partial charge in [-0.15, -0.1) is 0 Å². The van der Waals surface area contributed by atoms with E-state index in [1.54, 1.807) is 0 Å². The molecule has 0 spiro atoms. The van der Waals surface area contributed by atoms with Crippen molar-refractivity contribution in [1.82, 2.24) is 0 Å². The molecule has 1 heteroatoms. The Kier molecular flexibility index (Phi) is 2.38. The van der Waals surface area contributed by atoms with Gasteiger partial charge in [-0.05, 0) is 46.4 Å². The molecule has 2 aromatic carbocycles. The van der Waals surface area contributed by atoms with Crippen LogP contribution in [0.4, 0.5) is 0 Å². The van der Waals surface area contributed by atoms with Crippen LogP contribution in [0.15, 0.2) is 28.7 Å². The molecule has 3 rings (SSSR count). The van der Waals surface area contributed by atoms with Crippen molar-refractivity contribution in [3.63, 3.8) is 0 Å². The van der Waals surface area contributed by atoms with Crippen molar-refractivity contribution in [2.24, 2.45) is 0 Å². The van der Waals surface area contributed by atoms with E-state index in [-0.39, 0.29) is 5.41 Å². The van der Waals surface area contributed by atoms with Gasteiger partial charge in [0.1, 0.15) is 0 Å². The minimum Gasteiger partial charge on any atom is -0.0581 e. The van der Waals surface area contributed by atoms with E-state index < -0.39 is 0 Å². The summed E-state index contributed by atoms with van der Waals surface area (Å²) in [7, 11) is 0. The molecule has 0 radical (unpaired) electrons. The molecule has 0 N–H and O–H groups in total. The highest BCUT2D eigenvalue weighted by atomic mass is 79.9. The van der Waals surface area contributed by atoms with E-state index >= 15 is 0 Å². The molecule has 0 heterocycles. The van der Waals surface area contributed by atoms with E-state index in [9.17, 15) is 0 Å². The van der Waals surface area contributed by atoms with Crippen molar-refractivity contribution in [2.75, 3.05) is 0 Å². The Bertz CT molecular complexity index is 593. The third-order valence-electron chi connectivity index (χ3n) is 3.75. The Hall–Kier alpha value is -0.820. The van der Waals surface area contributed by atoms with Gasteiger partial charge in [-0.2, -0.15) is 0 Å². The molecule has 0 aromatic heterocycles. The van der Waals surface area contributed by atoms with Crippen LogP contribution in [0.5, 0.6) is 0 Å². The second-order valence-corrected chi connectivity index (χ2v) is 6.83. The van der Waals surface area contributed by atoms with Crippen LogP contribution in [0.3, 0.4) is 0 Å². The highest BCUT2D eigenvalue weighted by Gasteiger charge is 2.23. The van der Waals surface area contributed by atoms with E-state index in [4.69, 9.17) is 0 Å². The Morgan fingerprint density at radius 1 is 0.882 bits per heavy atom. The third kappa shape index (κ3) is 1.63. The molecule has 0 fully saturated rings. The molecule has 1 aliphatic carbocycles. The molecule has 0 amide bonds. The van der Waals surface area contributed by atoms with Gasteiger partial charge in [-0.3, -0.25) is 0 Å². The summed E-state index contributed by atoms with van der Waals surface area (Å²) >= 11 is 3.74. The maximum absolute atomic E-state index is 3.74. The lowest BCUT2D eigenvalue weighted by molar-refractivity contribution is 0.595. The van der Waals surface area contributed by atoms with Crippen molar-refractivity contribution in [3.8, 4) is 0 Å². The summed E-state index contributed by atoms with van der Waals surface area (Å²) in [5, 5.41) is 2.94. The maximum Gasteiger partial charge on any atom is 0.0257 e. The number of benzene rings is 2. The molecule has 0 bridgehead atoms. The first kappa shape index (κ1) is 11.3. The second kappa shape index (κ2) is 3.58. The molecule has 17 heavy (non-hydrogen) atoms. The molecule has 2 aromatic rings. The monoisotopic (exact) mass is 288 g/mol. The first-order valence-electron chi connectivity index (χ1n) is 6.22. The number of hydrogen-bond donors (Lipinski definition) is 0. The molecular formula is C16H17Br. The van der Waals surface area contributed by atoms with Crippen LogP contribution >= 0.6 is 15.9 Å². The lowest BCUT2D eigenvalue weighted by Gasteiger charge is -2.23. The minimum absolute atomic E-state index is 0.197. The first-order chi connectivity index (χ1) is 7.98. The number of halogens is 1. The first-order valence-corrected chi connectivity index (χ1v) is 7.01. The fraction of sp³-hybridized carbons (Fsp3) is 0.375. The summed E-state index contributed by atoms with van der Waals surface area (Å²) in [5.74, 6) is 0. The van der Waals surface area contributed by atoms with E-state index in [0.29, 0.717) is 0 Å². The van der Waals surface area contributed by atoms with Gasteiger partial charge in [-0.1, -0.05) is 54.9 Å². The van der Waals surface area contributed by atoms with Crippen LogP contribution in [0.2, 0.25) is 0 Å². The largest absolute Gasteiger partial charge is 0.0581 e. The Balaban J connectivity index is 2.49. The number of hydrogen-bond acceptors (Lipinski definition) is 0. The molecule has 0 aliphatic heterocycles. The van der Waals surface area contributed by atoms with Gasteiger partial charge < -0.3 is 0 Å². The highest BCUT2D eigenvalue weighted by molar-refractivity contribution is 9.10. The van der Waals surface area contributed by atoms with Crippen molar-refractivity contribution in [3.05, 3.63) is 45.4 Å². The van der Waals surface area contributed by atoms with Crippen molar-refractivity contribution in [1.29, 1.82) is 0 Å². The molecule has 0 atom stereocenters.